The van der Waals surface area contributed by atoms with Crippen molar-refractivity contribution in [3.8, 4) is 0 Å². The molecule has 0 aliphatic rings. The van der Waals surface area contributed by atoms with Gasteiger partial charge in [0, 0.05) is 17.3 Å². The molecule has 18 heavy (non-hydrogen) atoms. The molecule has 1 heterocycles. The van der Waals surface area contributed by atoms with Crippen molar-refractivity contribution >= 4 is 35.0 Å². The van der Waals surface area contributed by atoms with Crippen molar-refractivity contribution in [2.45, 2.75) is 0 Å². The monoisotopic (exact) mass is 263 g/mol. The molecule has 2 aromatic rings. The van der Waals surface area contributed by atoms with Crippen molar-refractivity contribution in [3.05, 3.63) is 41.0 Å². The second kappa shape index (κ2) is 4.89. The summed E-state index contributed by atoms with van der Waals surface area (Å²) in [4.78, 5) is 18.6. The third-order valence-electron chi connectivity index (χ3n) is 2.15. The van der Waals surface area contributed by atoms with Crippen LogP contribution in [0.1, 0.15) is 10.4 Å². The maximum atomic E-state index is 10.9. The molecular formula is C11H10ClN5O. The number of anilines is 3. The Kier molecular flexibility index (Phi) is 3.29. The molecule has 1 aromatic carbocycles. The number of benzene rings is 1. The summed E-state index contributed by atoms with van der Waals surface area (Å²) in [5.41, 5.74) is 11.8. The van der Waals surface area contributed by atoms with E-state index in [1.165, 1.54) is 0 Å². The number of rotatable bonds is 3. The topological polar surface area (TPSA) is 107 Å². The summed E-state index contributed by atoms with van der Waals surface area (Å²) in [6.07, 6.45) is 0. The lowest BCUT2D eigenvalue weighted by Gasteiger charge is -2.06. The van der Waals surface area contributed by atoms with Gasteiger partial charge < -0.3 is 16.8 Å². The van der Waals surface area contributed by atoms with Crippen LogP contribution in [-0.4, -0.2) is 15.9 Å². The molecule has 92 valence electrons. The number of hydrogen-bond acceptors (Lipinski definition) is 5. The number of carbonyl (C=O) groups excluding carboxylic acids is 1. The zero-order valence-electron chi connectivity index (χ0n) is 9.22. The number of nitrogens with zero attached hydrogens (tertiary/aromatic N) is 2. The summed E-state index contributed by atoms with van der Waals surface area (Å²) in [5, 5.41) is 3.23. The van der Waals surface area contributed by atoms with Crippen LogP contribution in [0.2, 0.25) is 5.15 Å². The minimum absolute atomic E-state index is 0.0822. The molecular weight excluding hydrogens is 254 g/mol. The maximum absolute atomic E-state index is 10.9. The first-order valence-electron chi connectivity index (χ1n) is 5.01. The lowest BCUT2D eigenvalue weighted by molar-refractivity contribution is 0.100. The number of aromatic nitrogens is 2. The lowest BCUT2D eigenvalue weighted by atomic mass is 10.2. The van der Waals surface area contributed by atoms with E-state index >= 15 is 0 Å². The van der Waals surface area contributed by atoms with E-state index in [-0.39, 0.29) is 11.1 Å². The average Bonchev–Trinajstić information content (AvgIpc) is 2.28. The molecule has 0 saturated heterocycles. The quantitative estimate of drug-likeness (QED) is 0.729. The molecule has 0 aliphatic carbocycles. The smallest absolute Gasteiger partial charge is 0.248 e. The largest absolute Gasteiger partial charge is 0.368 e. The van der Waals surface area contributed by atoms with Crippen LogP contribution in [0.25, 0.3) is 0 Å². The summed E-state index contributed by atoms with van der Waals surface area (Å²) in [6, 6.07) is 8.16. The van der Waals surface area contributed by atoms with E-state index in [0.29, 0.717) is 11.4 Å². The van der Waals surface area contributed by atoms with Gasteiger partial charge in [0.05, 0.1) is 0 Å². The third kappa shape index (κ3) is 2.86. The zero-order chi connectivity index (χ0) is 13.1. The van der Waals surface area contributed by atoms with Gasteiger partial charge in [0.2, 0.25) is 11.9 Å². The normalized spacial score (nSPS) is 10.1. The molecule has 7 heteroatoms. The first-order chi connectivity index (χ1) is 8.54. The molecule has 0 saturated carbocycles. The van der Waals surface area contributed by atoms with Crippen molar-refractivity contribution < 1.29 is 4.79 Å². The number of nitrogens with one attached hydrogen (secondary N) is 1. The average molecular weight is 264 g/mol. The van der Waals surface area contributed by atoms with Crippen molar-refractivity contribution in [1.29, 1.82) is 0 Å². The molecule has 0 aliphatic heterocycles. The van der Waals surface area contributed by atoms with Gasteiger partial charge in [0.25, 0.3) is 0 Å². The van der Waals surface area contributed by atoms with Crippen LogP contribution < -0.4 is 16.8 Å². The Morgan fingerprint density at radius 1 is 1.22 bits per heavy atom. The van der Waals surface area contributed by atoms with Crippen molar-refractivity contribution in [3.63, 3.8) is 0 Å². The van der Waals surface area contributed by atoms with Gasteiger partial charge in [-0.15, -0.1) is 0 Å². The predicted molar refractivity (Wildman–Crippen MR) is 69.7 cm³/mol. The summed E-state index contributed by atoms with van der Waals surface area (Å²) < 4.78 is 0. The minimum Gasteiger partial charge on any atom is -0.368 e. The van der Waals surface area contributed by atoms with Crippen molar-refractivity contribution in [2.24, 2.45) is 5.73 Å². The molecule has 0 atom stereocenters. The SMILES string of the molecule is NC(=O)c1ccc(Nc2cc(Cl)nc(N)n2)cc1. The Morgan fingerprint density at radius 3 is 2.44 bits per heavy atom. The van der Waals surface area contributed by atoms with E-state index in [4.69, 9.17) is 23.1 Å². The first kappa shape index (κ1) is 12.1. The van der Waals surface area contributed by atoms with E-state index in [0.717, 1.165) is 5.69 Å². The van der Waals surface area contributed by atoms with Crippen molar-refractivity contribution in [1.82, 2.24) is 9.97 Å². The zero-order valence-corrected chi connectivity index (χ0v) is 9.98. The Balaban J connectivity index is 2.20. The Hall–Kier alpha value is -2.34. The lowest BCUT2D eigenvalue weighted by Crippen LogP contribution is -2.10. The Labute approximate surface area is 108 Å². The second-order valence-corrected chi connectivity index (χ2v) is 3.89. The molecule has 1 aromatic heterocycles. The van der Waals surface area contributed by atoms with Gasteiger partial charge in [-0.2, -0.15) is 4.98 Å². The van der Waals surface area contributed by atoms with E-state index in [1.807, 2.05) is 0 Å². The van der Waals surface area contributed by atoms with Crippen LogP contribution in [0.5, 0.6) is 0 Å². The molecule has 0 bridgehead atoms. The van der Waals surface area contributed by atoms with Crippen LogP contribution in [0, 0.1) is 0 Å². The highest BCUT2D eigenvalue weighted by Gasteiger charge is 2.03. The van der Waals surface area contributed by atoms with Crippen LogP contribution in [-0.2, 0) is 0 Å². The molecule has 0 fully saturated rings. The van der Waals surface area contributed by atoms with Crippen LogP contribution in [0.3, 0.4) is 0 Å². The standard InChI is InChI=1S/C11H10ClN5O/c12-8-5-9(17-11(14)16-8)15-7-3-1-6(2-4-7)10(13)18/h1-5H,(H2,13,18)(H3,14,15,16,17). The predicted octanol–water partition coefficient (Wildman–Crippen LogP) is 1.55. The first-order valence-corrected chi connectivity index (χ1v) is 5.39. The second-order valence-electron chi connectivity index (χ2n) is 3.50. The van der Waals surface area contributed by atoms with Gasteiger partial charge in [-0.05, 0) is 24.3 Å². The van der Waals surface area contributed by atoms with Crippen molar-refractivity contribution in [2.75, 3.05) is 11.1 Å². The molecule has 0 spiro atoms. The molecule has 5 N–H and O–H groups in total. The molecule has 1 amide bonds. The number of nitrogens with two attached hydrogens (primary N) is 2. The fourth-order valence-electron chi connectivity index (χ4n) is 1.36. The summed E-state index contributed by atoms with van der Waals surface area (Å²) >= 11 is 5.75. The van der Waals surface area contributed by atoms with E-state index < -0.39 is 5.91 Å². The minimum atomic E-state index is -0.476. The Morgan fingerprint density at radius 2 is 1.89 bits per heavy atom. The van der Waals surface area contributed by atoms with Crippen LogP contribution in [0.15, 0.2) is 30.3 Å². The van der Waals surface area contributed by atoms with Gasteiger partial charge in [-0.1, -0.05) is 11.6 Å². The molecule has 2 rings (SSSR count). The van der Waals surface area contributed by atoms with Gasteiger partial charge in [0.1, 0.15) is 11.0 Å². The van der Waals surface area contributed by atoms with Gasteiger partial charge in [0.15, 0.2) is 0 Å². The number of amides is 1. The molecule has 0 radical (unpaired) electrons. The van der Waals surface area contributed by atoms with Crippen LogP contribution >= 0.6 is 11.6 Å². The molecule has 0 unspecified atom stereocenters. The van der Waals surface area contributed by atoms with E-state index in [9.17, 15) is 4.79 Å². The highest BCUT2D eigenvalue weighted by Crippen LogP contribution is 2.18. The number of primary amides is 1. The highest BCUT2D eigenvalue weighted by atomic mass is 35.5. The van der Waals surface area contributed by atoms with Crippen LogP contribution in [0.4, 0.5) is 17.5 Å². The van der Waals surface area contributed by atoms with E-state index in [2.05, 4.69) is 15.3 Å². The summed E-state index contributed by atoms with van der Waals surface area (Å²) in [5.74, 6) is 0.0777. The van der Waals surface area contributed by atoms with Gasteiger partial charge in [-0.25, -0.2) is 4.98 Å². The fourth-order valence-corrected chi connectivity index (χ4v) is 1.55. The number of hydrogen-bond donors (Lipinski definition) is 3. The number of halogens is 1. The third-order valence-corrected chi connectivity index (χ3v) is 2.35. The molecule has 6 nitrogen and oxygen atoms in total. The number of nitrogen functional groups attached to an aromatic ring is 1. The fraction of sp³-hybridized carbons (Fsp3) is 0. The maximum Gasteiger partial charge on any atom is 0.248 e. The van der Waals surface area contributed by atoms with Gasteiger partial charge in [-0.3, -0.25) is 4.79 Å². The Bertz CT molecular complexity index is 564. The summed E-state index contributed by atoms with van der Waals surface area (Å²) in [7, 11) is 0. The number of carbonyl (C=O) groups is 1. The van der Waals surface area contributed by atoms with E-state index in [1.54, 1.807) is 30.3 Å². The highest BCUT2D eigenvalue weighted by molar-refractivity contribution is 6.29. The van der Waals surface area contributed by atoms with Gasteiger partial charge >= 0.3 is 0 Å². The summed E-state index contributed by atoms with van der Waals surface area (Å²) in [6.45, 7) is 0.